The van der Waals surface area contributed by atoms with Gasteiger partial charge in [-0.05, 0) is 31.2 Å². The number of H-pyrrole nitrogens is 1. The number of esters is 1. The summed E-state index contributed by atoms with van der Waals surface area (Å²) in [6, 6.07) is 5.98. The number of ether oxygens (including phenoxy) is 1. The number of sulfonamides is 1. The summed E-state index contributed by atoms with van der Waals surface area (Å²) in [7, 11) is -3.90. The van der Waals surface area contributed by atoms with Crippen molar-refractivity contribution >= 4 is 43.6 Å². The number of rotatable bonds is 5. The number of nitrogen functional groups attached to an aromatic ring is 1. The molecule has 118 valence electrons. The van der Waals surface area contributed by atoms with Gasteiger partial charge in [0.25, 0.3) is 10.0 Å². The van der Waals surface area contributed by atoms with Crippen molar-refractivity contribution in [2.75, 3.05) is 17.1 Å². The summed E-state index contributed by atoms with van der Waals surface area (Å²) in [5.41, 5.74) is 5.44. The van der Waals surface area contributed by atoms with E-state index in [0.29, 0.717) is 0 Å². The summed E-state index contributed by atoms with van der Waals surface area (Å²) in [6.07, 6.45) is 0. The molecule has 0 saturated carbocycles. The molecule has 0 aliphatic rings. The van der Waals surface area contributed by atoms with Crippen LogP contribution in [0.4, 0.5) is 11.6 Å². The van der Waals surface area contributed by atoms with Crippen molar-refractivity contribution in [3.63, 3.8) is 0 Å². The number of benzene rings is 1. The number of carbonyl (C=O) groups excluding carboxylic acids is 1. The van der Waals surface area contributed by atoms with Crippen LogP contribution in [0.5, 0.6) is 0 Å². The van der Waals surface area contributed by atoms with E-state index >= 15 is 0 Å². The molecule has 10 heteroatoms. The van der Waals surface area contributed by atoms with Crippen molar-refractivity contribution in [1.82, 2.24) is 10.2 Å². The van der Waals surface area contributed by atoms with Crippen molar-refractivity contribution in [1.29, 1.82) is 0 Å². The second-order valence-electron chi connectivity index (χ2n) is 4.14. The van der Waals surface area contributed by atoms with Crippen molar-refractivity contribution < 1.29 is 17.9 Å². The van der Waals surface area contributed by atoms with Gasteiger partial charge in [-0.25, -0.2) is 13.2 Å². The summed E-state index contributed by atoms with van der Waals surface area (Å²) in [4.78, 5) is 11.8. The SMILES string of the molecule is CCOC(=O)c1c(NS(=O)(=O)c2ccc(Br)cc2)n[nH]c1N. The first-order valence-electron chi connectivity index (χ1n) is 6.14. The van der Waals surface area contributed by atoms with Crippen molar-refractivity contribution in [3.05, 3.63) is 34.3 Å². The average molecular weight is 389 g/mol. The van der Waals surface area contributed by atoms with Crippen molar-refractivity contribution in [2.24, 2.45) is 0 Å². The van der Waals surface area contributed by atoms with Crippen LogP contribution in [0.15, 0.2) is 33.6 Å². The van der Waals surface area contributed by atoms with Crippen molar-refractivity contribution in [2.45, 2.75) is 11.8 Å². The Morgan fingerprint density at radius 3 is 2.64 bits per heavy atom. The number of nitrogens with one attached hydrogen (secondary N) is 2. The molecule has 0 unspecified atom stereocenters. The zero-order valence-electron chi connectivity index (χ0n) is 11.5. The molecule has 8 nitrogen and oxygen atoms in total. The molecule has 0 radical (unpaired) electrons. The largest absolute Gasteiger partial charge is 0.462 e. The summed E-state index contributed by atoms with van der Waals surface area (Å²) < 4.78 is 32.3. The van der Waals surface area contributed by atoms with Crippen LogP contribution in [0.1, 0.15) is 17.3 Å². The minimum atomic E-state index is -3.90. The topological polar surface area (TPSA) is 127 Å². The lowest BCUT2D eigenvalue weighted by atomic mass is 10.3. The fourth-order valence-electron chi connectivity index (χ4n) is 1.64. The molecule has 0 fully saturated rings. The molecule has 1 heterocycles. The quantitative estimate of drug-likeness (QED) is 0.669. The lowest BCUT2D eigenvalue weighted by Gasteiger charge is -2.07. The Labute approximate surface area is 135 Å². The molecular formula is C12H13BrN4O4S. The monoisotopic (exact) mass is 388 g/mol. The van der Waals surface area contributed by atoms with Gasteiger partial charge in [-0.15, -0.1) is 0 Å². The van der Waals surface area contributed by atoms with Gasteiger partial charge >= 0.3 is 5.97 Å². The van der Waals surface area contributed by atoms with Crippen LogP contribution in [0.3, 0.4) is 0 Å². The zero-order chi connectivity index (χ0) is 16.3. The van der Waals surface area contributed by atoms with E-state index in [1.807, 2.05) is 0 Å². The van der Waals surface area contributed by atoms with E-state index in [1.165, 1.54) is 12.1 Å². The van der Waals surface area contributed by atoms with Crippen LogP contribution >= 0.6 is 15.9 Å². The number of aromatic nitrogens is 2. The molecule has 1 aromatic heterocycles. The molecule has 0 saturated heterocycles. The minimum absolute atomic E-state index is 0.0204. The molecule has 0 atom stereocenters. The normalized spacial score (nSPS) is 11.2. The summed E-state index contributed by atoms with van der Waals surface area (Å²) >= 11 is 3.22. The third-order valence-electron chi connectivity index (χ3n) is 2.63. The number of carbonyl (C=O) groups is 1. The Kier molecular flexibility index (Phi) is 4.71. The third kappa shape index (κ3) is 3.39. The van der Waals surface area contributed by atoms with Gasteiger partial charge < -0.3 is 10.5 Å². The summed E-state index contributed by atoms with van der Waals surface area (Å²) in [6.45, 7) is 1.75. The van der Waals surface area contributed by atoms with Crippen LogP contribution in [0, 0.1) is 0 Å². The van der Waals surface area contributed by atoms with Gasteiger partial charge in [0.2, 0.25) is 0 Å². The summed E-state index contributed by atoms with van der Waals surface area (Å²) in [5, 5.41) is 6.05. The Morgan fingerprint density at radius 1 is 1.41 bits per heavy atom. The van der Waals surface area contributed by atoms with E-state index in [2.05, 4.69) is 30.8 Å². The van der Waals surface area contributed by atoms with Crippen LogP contribution in [0.2, 0.25) is 0 Å². The van der Waals surface area contributed by atoms with E-state index < -0.39 is 16.0 Å². The first kappa shape index (κ1) is 16.3. The highest BCUT2D eigenvalue weighted by atomic mass is 79.9. The van der Waals surface area contributed by atoms with E-state index in [0.717, 1.165) is 4.47 Å². The predicted molar refractivity (Wildman–Crippen MR) is 83.9 cm³/mol. The number of hydrogen-bond donors (Lipinski definition) is 3. The molecule has 0 spiro atoms. The maximum atomic E-state index is 12.3. The van der Waals surface area contributed by atoms with E-state index in [4.69, 9.17) is 10.5 Å². The first-order chi connectivity index (χ1) is 10.3. The van der Waals surface area contributed by atoms with Gasteiger partial charge in [0.1, 0.15) is 11.4 Å². The molecule has 0 bridgehead atoms. The second kappa shape index (κ2) is 6.36. The van der Waals surface area contributed by atoms with Crippen LogP contribution < -0.4 is 10.5 Å². The van der Waals surface area contributed by atoms with E-state index in [9.17, 15) is 13.2 Å². The molecule has 22 heavy (non-hydrogen) atoms. The second-order valence-corrected chi connectivity index (χ2v) is 6.74. The fourth-order valence-corrected chi connectivity index (χ4v) is 2.92. The average Bonchev–Trinajstić information content (AvgIpc) is 2.80. The lowest BCUT2D eigenvalue weighted by molar-refractivity contribution is 0.0529. The lowest BCUT2D eigenvalue weighted by Crippen LogP contribution is -2.16. The van der Waals surface area contributed by atoms with Gasteiger partial charge in [0.15, 0.2) is 5.82 Å². The van der Waals surface area contributed by atoms with Gasteiger partial charge in [0.05, 0.1) is 11.5 Å². The summed E-state index contributed by atoms with van der Waals surface area (Å²) in [5.74, 6) is -1.05. The number of nitrogens with two attached hydrogens (primary N) is 1. The Morgan fingerprint density at radius 2 is 2.05 bits per heavy atom. The Balaban J connectivity index is 2.34. The standard InChI is InChI=1S/C12H13BrN4O4S/c1-2-21-12(18)9-10(14)15-16-11(9)17-22(19,20)8-5-3-7(13)4-6-8/h3-6H,2H2,1H3,(H4,14,15,16,17). The molecule has 2 rings (SSSR count). The highest BCUT2D eigenvalue weighted by molar-refractivity contribution is 9.10. The molecule has 0 aliphatic heterocycles. The number of anilines is 2. The maximum Gasteiger partial charge on any atom is 0.345 e. The maximum absolute atomic E-state index is 12.3. The van der Waals surface area contributed by atoms with Gasteiger partial charge in [-0.1, -0.05) is 15.9 Å². The smallest absolute Gasteiger partial charge is 0.345 e. The van der Waals surface area contributed by atoms with Gasteiger partial charge in [0, 0.05) is 4.47 Å². The fraction of sp³-hybridized carbons (Fsp3) is 0.167. The highest BCUT2D eigenvalue weighted by Gasteiger charge is 2.24. The molecule has 0 aliphatic carbocycles. The number of aromatic amines is 1. The molecule has 0 amide bonds. The number of hydrogen-bond acceptors (Lipinski definition) is 6. The molecular weight excluding hydrogens is 376 g/mol. The zero-order valence-corrected chi connectivity index (χ0v) is 13.9. The molecule has 2 aromatic rings. The van der Waals surface area contributed by atoms with Crippen LogP contribution in [-0.4, -0.2) is 31.2 Å². The van der Waals surface area contributed by atoms with Gasteiger partial charge in [-0.3, -0.25) is 9.82 Å². The third-order valence-corrected chi connectivity index (χ3v) is 4.51. The first-order valence-corrected chi connectivity index (χ1v) is 8.42. The minimum Gasteiger partial charge on any atom is -0.462 e. The predicted octanol–water partition coefficient (Wildman–Crippen LogP) is 1.73. The highest BCUT2D eigenvalue weighted by Crippen LogP contribution is 2.23. The Bertz CT molecular complexity index is 786. The van der Waals surface area contributed by atoms with Crippen LogP contribution in [-0.2, 0) is 14.8 Å². The number of nitrogens with zero attached hydrogens (tertiary/aromatic N) is 1. The Hall–Kier alpha value is -2.07. The molecule has 1 aromatic carbocycles. The molecule has 4 N–H and O–H groups in total. The van der Waals surface area contributed by atoms with E-state index in [1.54, 1.807) is 19.1 Å². The van der Waals surface area contributed by atoms with E-state index in [-0.39, 0.29) is 28.7 Å². The number of halogens is 1. The van der Waals surface area contributed by atoms with Crippen molar-refractivity contribution in [3.8, 4) is 0 Å². The van der Waals surface area contributed by atoms with Gasteiger partial charge in [-0.2, -0.15) is 5.10 Å². The van der Waals surface area contributed by atoms with Crippen LogP contribution in [0.25, 0.3) is 0 Å².